The summed E-state index contributed by atoms with van der Waals surface area (Å²) in [5.74, 6) is -0.707. The first kappa shape index (κ1) is 22.9. The first-order chi connectivity index (χ1) is 11.3. The Morgan fingerprint density at radius 3 is 2.40 bits per heavy atom. The van der Waals surface area contributed by atoms with E-state index in [4.69, 9.17) is 20.8 Å². The summed E-state index contributed by atoms with van der Waals surface area (Å²) in [6.45, 7) is 14.9. The fourth-order valence-electron chi connectivity index (χ4n) is 2.48. The second kappa shape index (κ2) is 8.71. The van der Waals surface area contributed by atoms with Crippen molar-refractivity contribution in [1.82, 2.24) is 5.32 Å². The molecule has 1 saturated heterocycles. The molecule has 1 rings (SSSR count). The van der Waals surface area contributed by atoms with E-state index >= 15 is 0 Å². The van der Waals surface area contributed by atoms with Crippen LogP contribution in [0, 0.1) is 5.92 Å². The predicted octanol–water partition coefficient (Wildman–Crippen LogP) is 4.35. The van der Waals surface area contributed by atoms with E-state index in [-0.39, 0.29) is 29.0 Å². The van der Waals surface area contributed by atoms with Crippen molar-refractivity contribution in [3.05, 3.63) is 8.61 Å². The van der Waals surface area contributed by atoms with Gasteiger partial charge in [-0.15, -0.1) is 0 Å². The molecular formula is C17H29ClINO4Si. The third-order valence-corrected chi connectivity index (χ3v) is 11.3. The molecule has 1 N–H and O–H groups in total. The van der Waals surface area contributed by atoms with Crippen LogP contribution in [0.4, 0.5) is 0 Å². The summed E-state index contributed by atoms with van der Waals surface area (Å²) < 4.78 is 11.7. The molecule has 0 unspecified atom stereocenters. The van der Waals surface area contributed by atoms with Crippen molar-refractivity contribution >= 4 is 54.4 Å². The van der Waals surface area contributed by atoms with Gasteiger partial charge < -0.3 is 14.5 Å². The molecule has 25 heavy (non-hydrogen) atoms. The summed E-state index contributed by atoms with van der Waals surface area (Å²) in [5.41, 5.74) is 0. The van der Waals surface area contributed by atoms with Crippen LogP contribution in [-0.4, -0.2) is 38.9 Å². The minimum atomic E-state index is -1.96. The van der Waals surface area contributed by atoms with E-state index in [0.29, 0.717) is 21.6 Å². The number of carbonyl (C=O) groups is 2. The zero-order chi connectivity index (χ0) is 19.6. The number of hydrogen-bond donors (Lipinski definition) is 1. The normalized spacial score (nSPS) is 23.3. The molecule has 1 amide bonds. The standard InChI is InChI=1S/C17H29ClINO4Si/c1-8-23-16(22)14(19)11(18)9-12-13(15(21)20-12)10(2)24-25(6,7)17(3,4)5/h10,12-13H,8-9H2,1-7H3,(H,20,21)/b14-11+/t10-,12-,13-/m1/s1. The van der Waals surface area contributed by atoms with Gasteiger partial charge in [-0.25, -0.2) is 4.79 Å². The van der Waals surface area contributed by atoms with Gasteiger partial charge in [0, 0.05) is 17.5 Å². The SMILES string of the molecule is CCOC(=O)/C(I)=C(\Cl)C[C@H]1NC(=O)[C@@H]1[C@@H](C)O[Si](C)(C)C(C)(C)C. The van der Waals surface area contributed by atoms with Gasteiger partial charge in [-0.3, -0.25) is 4.79 Å². The quantitative estimate of drug-likeness (QED) is 0.185. The molecule has 5 nitrogen and oxygen atoms in total. The Bertz CT molecular complexity index is 559. The maximum atomic E-state index is 12.1. The zero-order valence-electron chi connectivity index (χ0n) is 16.0. The monoisotopic (exact) mass is 501 g/mol. The third kappa shape index (κ3) is 5.67. The smallest absolute Gasteiger partial charge is 0.345 e. The Hall–Kier alpha value is -0.123. The van der Waals surface area contributed by atoms with Crippen LogP contribution < -0.4 is 5.32 Å². The van der Waals surface area contributed by atoms with Gasteiger partial charge in [0.05, 0.1) is 18.6 Å². The van der Waals surface area contributed by atoms with Crippen LogP contribution in [0.3, 0.4) is 0 Å². The molecule has 0 radical (unpaired) electrons. The van der Waals surface area contributed by atoms with Crippen molar-refractivity contribution in [3.63, 3.8) is 0 Å². The summed E-state index contributed by atoms with van der Waals surface area (Å²) >= 11 is 8.17. The van der Waals surface area contributed by atoms with Gasteiger partial charge in [0.2, 0.25) is 5.91 Å². The van der Waals surface area contributed by atoms with Crippen molar-refractivity contribution in [1.29, 1.82) is 0 Å². The lowest BCUT2D eigenvalue weighted by molar-refractivity contribution is -0.139. The number of esters is 1. The summed E-state index contributed by atoms with van der Waals surface area (Å²) in [4.78, 5) is 23.8. The summed E-state index contributed by atoms with van der Waals surface area (Å²) in [5, 5.41) is 3.37. The van der Waals surface area contributed by atoms with Crippen LogP contribution in [0.5, 0.6) is 0 Å². The lowest BCUT2D eigenvalue weighted by atomic mass is 9.84. The van der Waals surface area contributed by atoms with Crippen molar-refractivity contribution in [3.8, 4) is 0 Å². The molecule has 0 saturated carbocycles. The lowest BCUT2D eigenvalue weighted by Gasteiger charge is -2.45. The minimum Gasteiger partial charge on any atom is -0.462 e. The largest absolute Gasteiger partial charge is 0.462 e. The van der Waals surface area contributed by atoms with E-state index in [2.05, 4.69) is 39.2 Å². The highest BCUT2D eigenvalue weighted by molar-refractivity contribution is 14.1. The van der Waals surface area contributed by atoms with Crippen LogP contribution in [0.25, 0.3) is 0 Å². The van der Waals surface area contributed by atoms with Crippen molar-refractivity contribution in [2.24, 2.45) is 5.92 Å². The number of rotatable bonds is 7. The van der Waals surface area contributed by atoms with E-state index in [1.165, 1.54) is 0 Å². The molecule has 8 heteroatoms. The van der Waals surface area contributed by atoms with Crippen LogP contribution in [0.2, 0.25) is 18.1 Å². The summed E-state index contributed by atoms with van der Waals surface area (Å²) in [6.07, 6.45) is 0.213. The number of β-lactam (4-membered cyclic amide) rings is 1. The van der Waals surface area contributed by atoms with Gasteiger partial charge in [-0.1, -0.05) is 32.4 Å². The maximum Gasteiger partial charge on any atom is 0.345 e. The predicted molar refractivity (Wildman–Crippen MR) is 111 cm³/mol. The maximum absolute atomic E-state index is 12.1. The van der Waals surface area contributed by atoms with Crippen molar-refractivity contribution < 1.29 is 18.8 Å². The molecule has 0 spiro atoms. The van der Waals surface area contributed by atoms with Gasteiger partial charge in [0.1, 0.15) is 3.58 Å². The number of amides is 1. The number of ether oxygens (including phenoxy) is 1. The average Bonchev–Trinajstić information content (AvgIpc) is 2.43. The Kier molecular flexibility index (Phi) is 7.98. The summed E-state index contributed by atoms with van der Waals surface area (Å²) in [7, 11) is -1.96. The Balaban J connectivity index is 2.80. The highest BCUT2D eigenvalue weighted by Crippen LogP contribution is 2.39. The second-order valence-corrected chi connectivity index (χ2v) is 14.2. The van der Waals surface area contributed by atoms with E-state index in [0.717, 1.165) is 0 Å². The second-order valence-electron chi connectivity index (χ2n) is 7.87. The Labute approximate surface area is 170 Å². The van der Waals surface area contributed by atoms with Gasteiger partial charge in [0.25, 0.3) is 0 Å². The third-order valence-electron chi connectivity index (χ3n) is 4.95. The molecule has 0 aromatic carbocycles. The van der Waals surface area contributed by atoms with Crippen molar-refractivity contribution in [2.45, 2.75) is 71.3 Å². The molecule has 0 aromatic rings. The zero-order valence-corrected chi connectivity index (χ0v) is 19.9. The topological polar surface area (TPSA) is 64.6 Å². The fourth-order valence-corrected chi connectivity index (χ4v) is 4.53. The van der Waals surface area contributed by atoms with Crippen LogP contribution >= 0.6 is 34.2 Å². The minimum absolute atomic E-state index is 0.0215. The summed E-state index contributed by atoms with van der Waals surface area (Å²) in [6, 6.07) is -0.126. The van der Waals surface area contributed by atoms with Crippen LogP contribution in [-0.2, 0) is 18.8 Å². The van der Waals surface area contributed by atoms with Gasteiger partial charge >= 0.3 is 5.97 Å². The molecule has 0 aliphatic carbocycles. The van der Waals surface area contributed by atoms with Crippen LogP contribution in [0.15, 0.2) is 8.61 Å². The molecular weight excluding hydrogens is 473 g/mol. The van der Waals surface area contributed by atoms with Gasteiger partial charge in [-0.05, 0) is 54.6 Å². The molecule has 1 aliphatic rings. The average molecular weight is 502 g/mol. The molecule has 1 fully saturated rings. The van der Waals surface area contributed by atoms with E-state index in [9.17, 15) is 9.59 Å². The number of halogens is 2. The fraction of sp³-hybridized carbons (Fsp3) is 0.765. The van der Waals surface area contributed by atoms with E-state index < -0.39 is 14.3 Å². The molecule has 144 valence electrons. The molecule has 1 aliphatic heterocycles. The lowest BCUT2D eigenvalue weighted by Crippen LogP contribution is -2.63. The first-order valence-electron chi connectivity index (χ1n) is 8.51. The number of hydrogen-bond acceptors (Lipinski definition) is 4. The highest BCUT2D eigenvalue weighted by atomic mass is 127. The Morgan fingerprint density at radius 1 is 1.40 bits per heavy atom. The first-order valence-corrected chi connectivity index (χ1v) is 12.9. The number of nitrogens with one attached hydrogen (secondary N) is 1. The van der Waals surface area contributed by atoms with E-state index in [1.807, 2.05) is 29.5 Å². The van der Waals surface area contributed by atoms with Crippen molar-refractivity contribution in [2.75, 3.05) is 6.61 Å². The number of carbonyl (C=O) groups excluding carboxylic acids is 2. The Morgan fingerprint density at radius 2 is 1.96 bits per heavy atom. The molecule has 0 bridgehead atoms. The van der Waals surface area contributed by atoms with Crippen LogP contribution in [0.1, 0.15) is 41.0 Å². The van der Waals surface area contributed by atoms with E-state index in [1.54, 1.807) is 6.92 Å². The molecule has 1 heterocycles. The van der Waals surface area contributed by atoms with Gasteiger partial charge in [0.15, 0.2) is 8.32 Å². The van der Waals surface area contributed by atoms with Gasteiger partial charge in [-0.2, -0.15) is 0 Å². The highest BCUT2D eigenvalue weighted by Gasteiger charge is 2.47. The molecule has 3 atom stereocenters. The molecule has 0 aromatic heterocycles.